The standard InChI is InChI=1S/C13H12N2S/c1-8-6-12(16)15-13(14-8)11-7-9-4-2-3-5-10(9)11/h2-6,11H,7H2,1H3,(H,14,15,16). The lowest BCUT2D eigenvalue weighted by molar-refractivity contribution is 0.655. The van der Waals surface area contributed by atoms with Gasteiger partial charge in [-0.05, 0) is 30.5 Å². The van der Waals surface area contributed by atoms with E-state index in [9.17, 15) is 0 Å². The van der Waals surface area contributed by atoms with Crippen molar-refractivity contribution in [1.82, 2.24) is 9.97 Å². The number of hydrogen-bond donors (Lipinski definition) is 1. The van der Waals surface area contributed by atoms with Crippen LogP contribution < -0.4 is 0 Å². The highest BCUT2D eigenvalue weighted by Crippen LogP contribution is 2.38. The van der Waals surface area contributed by atoms with Crippen LogP contribution in [0.1, 0.15) is 28.6 Å². The molecule has 1 heterocycles. The molecule has 80 valence electrons. The van der Waals surface area contributed by atoms with Crippen LogP contribution in [0.15, 0.2) is 30.3 Å². The maximum Gasteiger partial charge on any atom is 0.130 e. The Morgan fingerprint density at radius 2 is 2.19 bits per heavy atom. The van der Waals surface area contributed by atoms with Crippen LogP contribution in [0.25, 0.3) is 0 Å². The molecule has 0 aliphatic heterocycles. The van der Waals surface area contributed by atoms with Gasteiger partial charge in [0.25, 0.3) is 0 Å². The van der Waals surface area contributed by atoms with E-state index in [0.29, 0.717) is 10.6 Å². The first kappa shape index (κ1) is 9.73. The van der Waals surface area contributed by atoms with E-state index in [-0.39, 0.29) is 0 Å². The Hall–Kier alpha value is -1.48. The Morgan fingerprint density at radius 1 is 1.38 bits per heavy atom. The van der Waals surface area contributed by atoms with Crippen LogP contribution in [0.5, 0.6) is 0 Å². The highest BCUT2D eigenvalue weighted by Gasteiger charge is 2.28. The van der Waals surface area contributed by atoms with Gasteiger partial charge in [-0.15, -0.1) is 0 Å². The van der Waals surface area contributed by atoms with Gasteiger partial charge in [-0.3, -0.25) is 0 Å². The fourth-order valence-corrected chi connectivity index (χ4v) is 2.55. The summed E-state index contributed by atoms with van der Waals surface area (Å²) in [6.45, 7) is 2.02. The third kappa shape index (κ3) is 1.48. The van der Waals surface area contributed by atoms with E-state index < -0.39 is 0 Å². The largest absolute Gasteiger partial charge is 0.347 e. The van der Waals surface area contributed by atoms with Gasteiger partial charge in [-0.1, -0.05) is 36.5 Å². The van der Waals surface area contributed by atoms with Crippen molar-refractivity contribution in [1.29, 1.82) is 0 Å². The van der Waals surface area contributed by atoms with Gasteiger partial charge in [0.15, 0.2) is 0 Å². The Labute approximate surface area is 99.4 Å². The molecule has 0 amide bonds. The maximum atomic E-state index is 5.15. The van der Waals surface area contributed by atoms with E-state index in [4.69, 9.17) is 12.2 Å². The molecular formula is C13H12N2S. The number of rotatable bonds is 1. The maximum absolute atomic E-state index is 5.15. The smallest absolute Gasteiger partial charge is 0.130 e. The number of nitrogens with zero attached hydrogens (tertiary/aromatic N) is 1. The second-order valence-electron chi connectivity index (χ2n) is 4.24. The van der Waals surface area contributed by atoms with E-state index in [1.807, 2.05) is 13.0 Å². The first-order valence-electron chi connectivity index (χ1n) is 5.40. The zero-order valence-corrected chi connectivity index (χ0v) is 9.84. The predicted molar refractivity (Wildman–Crippen MR) is 66.1 cm³/mol. The number of nitrogens with one attached hydrogen (secondary N) is 1. The quantitative estimate of drug-likeness (QED) is 0.760. The topological polar surface area (TPSA) is 28.7 Å². The van der Waals surface area contributed by atoms with Crippen LogP contribution in [-0.2, 0) is 6.42 Å². The zero-order valence-electron chi connectivity index (χ0n) is 9.03. The van der Waals surface area contributed by atoms with Crippen molar-refractivity contribution < 1.29 is 0 Å². The van der Waals surface area contributed by atoms with E-state index in [1.165, 1.54) is 11.1 Å². The molecule has 1 aliphatic rings. The third-order valence-electron chi connectivity index (χ3n) is 3.08. The van der Waals surface area contributed by atoms with Gasteiger partial charge >= 0.3 is 0 Å². The molecule has 1 unspecified atom stereocenters. The Kier molecular flexibility index (Phi) is 2.14. The van der Waals surface area contributed by atoms with Gasteiger partial charge in [0.05, 0.1) is 0 Å². The summed E-state index contributed by atoms with van der Waals surface area (Å²) in [6, 6.07) is 10.4. The Bertz CT molecular complexity index is 601. The first-order valence-corrected chi connectivity index (χ1v) is 5.80. The van der Waals surface area contributed by atoms with Crippen molar-refractivity contribution in [2.45, 2.75) is 19.3 Å². The molecular weight excluding hydrogens is 216 g/mol. The number of H-pyrrole nitrogens is 1. The second-order valence-corrected chi connectivity index (χ2v) is 4.66. The molecule has 2 aromatic rings. The minimum absolute atomic E-state index is 0.401. The molecule has 3 rings (SSSR count). The van der Waals surface area contributed by atoms with E-state index in [0.717, 1.165) is 17.9 Å². The second kappa shape index (κ2) is 3.52. The van der Waals surface area contributed by atoms with Gasteiger partial charge in [0, 0.05) is 11.6 Å². The summed E-state index contributed by atoms with van der Waals surface area (Å²) in [5.41, 5.74) is 3.89. The first-order chi connectivity index (χ1) is 7.74. The Balaban J connectivity index is 2.05. The van der Waals surface area contributed by atoms with Crippen molar-refractivity contribution in [2.24, 2.45) is 0 Å². The molecule has 3 heteroatoms. The monoisotopic (exact) mass is 228 g/mol. The number of hydrogen-bond acceptors (Lipinski definition) is 2. The van der Waals surface area contributed by atoms with Crippen molar-refractivity contribution in [3.8, 4) is 0 Å². The number of aryl methyl sites for hydroxylation is 1. The van der Waals surface area contributed by atoms with Crippen LogP contribution >= 0.6 is 12.2 Å². The summed E-state index contributed by atoms with van der Waals surface area (Å²) in [5, 5.41) is 0. The molecule has 0 fully saturated rings. The lowest BCUT2D eigenvalue weighted by Gasteiger charge is -2.29. The average molecular weight is 228 g/mol. The summed E-state index contributed by atoms with van der Waals surface area (Å²) < 4.78 is 0.677. The molecule has 0 spiro atoms. The van der Waals surface area contributed by atoms with Crippen molar-refractivity contribution in [3.05, 3.63) is 57.6 Å². The molecule has 0 bridgehead atoms. The van der Waals surface area contributed by atoms with Crippen LogP contribution in [0.3, 0.4) is 0 Å². The SMILES string of the molecule is Cc1cc(=S)nc(C2Cc3ccccc32)[nH]1. The number of fused-ring (bicyclic) bond motifs is 1. The van der Waals surface area contributed by atoms with E-state index >= 15 is 0 Å². The van der Waals surface area contributed by atoms with Gasteiger partial charge < -0.3 is 4.98 Å². The lowest BCUT2D eigenvalue weighted by Crippen LogP contribution is -2.20. The molecule has 1 atom stereocenters. The summed E-state index contributed by atoms with van der Waals surface area (Å²) >= 11 is 5.15. The molecule has 1 aliphatic carbocycles. The minimum atomic E-state index is 0.401. The number of benzene rings is 1. The number of aromatic amines is 1. The minimum Gasteiger partial charge on any atom is -0.347 e. The van der Waals surface area contributed by atoms with Gasteiger partial charge in [-0.2, -0.15) is 0 Å². The summed E-state index contributed by atoms with van der Waals surface area (Å²) in [6.07, 6.45) is 1.07. The highest BCUT2D eigenvalue weighted by molar-refractivity contribution is 7.71. The number of aromatic nitrogens is 2. The normalized spacial score (nSPS) is 17.7. The van der Waals surface area contributed by atoms with Crippen molar-refractivity contribution >= 4 is 12.2 Å². The molecule has 2 nitrogen and oxygen atoms in total. The molecule has 0 saturated carbocycles. The summed E-state index contributed by atoms with van der Waals surface area (Å²) in [5.74, 6) is 1.40. The van der Waals surface area contributed by atoms with Crippen molar-refractivity contribution in [2.75, 3.05) is 0 Å². The van der Waals surface area contributed by atoms with Gasteiger partial charge in [0.1, 0.15) is 10.5 Å². The molecule has 0 saturated heterocycles. The summed E-state index contributed by atoms with van der Waals surface area (Å²) in [4.78, 5) is 7.73. The Morgan fingerprint density at radius 3 is 2.94 bits per heavy atom. The highest BCUT2D eigenvalue weighted by atomic mass is 32.1. The van der Waals surface area contributed by atoms with Crippen LogP contribution in [0.2, 0.25) is 0 Å². The average Bonchev–Trinajstić information content (AvgIpc) is 2.18. The lowest BCUT2D eigenvalue weighted by atomic mass is 9.77. The van der Waals surface area contributed by atoms with Gasteiger partial charge in [0.2, 0.25) is 0 Å². The van der Waals surface area contributed by atoms with Crippen LogP contribution in [0.4, 0.5) is 0 Å². The molecule has 0 radical (unpaired) electrons. The van der Waals surface area contributed by atoms with Crippen molar-refractivity contribution in [3.63, 3.8) is 0 Å². The fourth-order valence-electron chi connectivity index (χ4n) is 2.27. The molecule has 1 aromatic heterocycles. The summed E-state index contributed by atoms with van der Waals surface area (Å²) in [7, 11) is 0. The zero-order chi connectivity index (χ0) is 11.1. The molecule has 1 aromatic carbocycles. The molecule has 1 N–H and O–H groups in total. The van der Waals surface area contributed by atoms with E-state index in [2.05, 4.69) is 34.2 Å². The van der Waals surface area contributed by atoms with Crippen LogP contribution in [-0.4, -0.2) is 9.97 Å². The van der Waals surface area contributed by atoms with Gasteiger partial charge in [-0.25, -0.2) is 4.98 Å². The fraction of sp³-hybridized carbons (Fsp3) is 0.231. The molecule has 16 heavy (non-hydrogen) atoms. The third-order valence-corrected chi connectivity index (χ3v) is 3.29. The predicted octanol–water partition coefficient (Wildman–Crippen LogP) is 3.14. The van der Waals surface area contributed by atoms with E-state index in [1.54, 1.807) is 0 Å². The van der Waals surface area contributed by atoms with Crippen LogP contribution in [0, 0.1) is 11.6 Å².